The van der Waals surface area contributed by atoms with Gasteiger partial charge >= 0.3 is 0 Å². The number of ether oxygens (including phenoxy) is 1. The number of hydrogen-bond acceptors (Lipinski definition) is 2. The van der Waals surface area contributed by atoms with Gasteiger partial charge in [-0.1, -0.05) is 23.7 Å². The highest BCUT2D eigenvalue weighted by Crippen LogP contribution is 2.28. The van der Waals surface area contributed by atoms with Gasteiger partial charge < -0.3 is 14.4 Å². The number of nitrogens with zero attached hydrogens (tertiary/aromatic N) is 1. The minimum Gasteiger partial charge on any atom is -0.507 e. The average Bonchev–Trinajstić information content (AvgIpc) is 2.84. The van der Waals surface area contributed by atoms with Crippen LogP contribution in [0.1, 0.15) is 12.6 Å². The lowest BCUT2D eigenvalue weighted by Gasteiger charge is -2.10. The highest BCUT2D eigenvalue weighted by molar-refractivity contribution is 6.30. The van der Waals surface area contributed by atoms with Crippen molar-refractivity contribution in [1.29, 1.82) is 0 Å². The van der Waals surface area contributed by atoms with E-state index in [2.05, 4.69) is 11.5 Å². The van der Waals surface area contributed by atoms with Crippen LogP contribution < -0.4 is 4.74 Å². The Kier molecular flexibility index (Phi) is 3.76. The molecule has 3 nitrogen and oxygen atoms in total. The maximum absolute atomic E-state index is 9.95. The lowest BCUT2D eigenvalue weighted by atomic mass is 10.2. The fourth-order valence-electron chi connectivity index (χ4n) is 2.53. The van der Waals surface area contributed by atoms with E-state index in [0.717, 1.165) is 28.9 Å². The Bertz CT molecular complexity index is 780. The minimum atomic E-state index is 0.295. The molecular weight excluding hydrogens is 286 g/mol. The van der Waals surface area contributed by atoms with Crippen LogP contribution in [0, 0.1) is 0 Å². The van der Waals surface area contributed by atoms with Crippen LogP contribution in [0.15, 0.2) is 48.5 Å². The van der Waals surface area contributed by atoms with E-state index >= 15 is 0 Å². The molecule has 3 rings (SSSR count). The first-order valence-corrected chi connectivity index (χ1v) is 7.25. The normalized spacial score (nSPS) is 11.0. The molecule has 1 N–H and O–H groups in total. The third kappa shape index (κ3) is 2.69. The van der Waals surface area contributed by atoms with Crippen molar-refractivity contribution >= 4 is 22.5 Å². The summed E-state index contributed by atoms with van der Waals surface area (Å²) < 4.78 is 7.94. The largest absolute Gasteiger partial charge is 0.507 e. The van der Waals surface area contributed by atoms with E-state index < -0.39 is 0 Å². The van der Waals surface area contributed by atoms with Gasteiger partial charge in [-0.3, -0.25) is 0 Å². The molecule has 0 aliphatic rings. The maximum atomic E-state index is 9.95. The van der Waals surface area contributed by atoms with Gasteiger partial charge in [0.25, 0.3) is 0 Å². The van der Waals surface area contributed by atoms with Crippen LogP contribution in [-0.4, -0.2) is 9.67 Å². The van der Waals surface area contributed by atoms with Crippen LogP contribution in [0.4, 0.5) is 0 Å². The highest BCUT2D eigenvalue weighted by atomic mass is 35.5. The van der Waals surface area contributed by atoms with E-state index in [1.807, 2.05) is 36.4 Å². The molecule has 1 aromatic heterocycles. The van der Waals surface area contributed by atoms with Gasteiger partial charge in [-0.25, -0.2) is 0 Å². The number of fused-ring (bicyclic) bond motifs is 1. The predicted molar refractivity (Wildman–Crippen MR) is 85.1 cm³/mol. The third-order valence-corrected chi connectivity index (χ3v) is 3.74. The number of aryl methyl sites for hydroxylation is 1. The van der Waals surface area contributed by atoms with Crippen LogP contribution in [0.25, 0.3) is 10.9 Å². The van der Waals surface area contributed by atoms with Crippen molar-refractivity contribution in [2.75, 3.05) is 0 Å². The predicted octanol–water partition coefficient (Wildman–Crippen LogP) is 4.60. The minimum absolute atomic E-state index is 0.295. The zero-order valence-corrected chi connectivity index (χ0v) is 12.5. The quantitative estimate of drug-likeness (QED) is 0.764. The topological polar surface area (TPSA) is 34.4 Å². The molecule has 0 unspecified atom stereocenters. The van der Waals surface area contributed by atoms with Gasteiger partial charge in [0.05, 0.1) is 11.2 Å². The Labute approximate surface area is 128 Å². The summed E-state index contributed by atoms with van der Waals surface area (Å²) >= 11 is 5.95. The zero-order chi connectivity index (χ0) is 14.8. The molecular formula is C17H16ClNO2. The number of benzene rings is 2. The Morgan fingerprint density at radius 3 is 2.71 bits per heavy atom. The Morgan fingerprint density at radius 2 is 1.95 bits per heavy atom. The fourth-order valence-corrected chi connectivity index (χ4v) is 2.71. The van der Waals surface area contributed by atoms with Gasteiger partial charge in [0, 0.05) is 17.0 Å². The summed E-state index contributed by atoms with van der Waals surface area (Å²) in [6.07, 6.45) is 0. The summed E-state index contributed by atoms with van der Waals surface area (Å²) in [4.78, 5) is 0. The van der Waals surface area contributed by atoms with Crippen LogP contribution in [0.3, 0.4) is 0 Å². The summed E-state index contributed by atoms with van der Waals surface area (Å²) in [6.45, 7) is 3.33. The number of aromatic nitrogens is 1. The Morgan fingerprint density at radius 1 is 1.14 bits per heavy atom. The molecule has 108 valence electrons. The molecule has 2 aromatic carbocycles. The molecule has 0 aliphatic heterocycles. The van der Waals surface area contributed by atoms with Crippen molar-refractivity contribution in [1.82, 2.24) is 4.57 Å². The molecule has 0 saturated heterocycles. The molecule has 0 atom stereocenters. The van der Waals surface area contributed by atoms with Gasteiger partial charge in [0.2, 0.25) is 0 Å². The number of phenolic OH excluding ortho intramolecular Hbond substituents is 1. The summed E-state index contributed by atoms with van der Waals surface area (Å²) in [5.74, 6) is 1.03. The van der Waals surface area contributed by atoms with Crippen molar-refractivity contribution in [2.45, 2.75) is 20.1 Å². The van der Waals surface area contributed by atoms with Gasteiger partial charge in [0.1, 0.15) is 18.1 Å². The molecule has 0 bridgehead atoms. The van der Waals surface area contributed by atoms with Crippen LogP contribution in [-0.2, 0) is 13.2 Å². The summed E-state index contributed by atoms with van der Waals surface area (Å²) in [5.41, 5.74) is 2.04. The van der Waals surface area contributed by atoms with Crippen molar-refractivity contribution < 1.29 is 9.84 Å². The molecule has 21 heavy (non-hydrogen) atoms. The first kappa shape index (κ1) is 13.8. The van der Waals surface area contributed by atoms with Gasteiger partial charge in [0.15, 0.2) is 0 Å². The lowest BCUT2D eigenvalue weighted by molar-refractivity contribution is 0.296. The molecule has 0 saturated carbocycles. The van der Waals surface area contributed by atoms with Crippen LogP contribution in [0.5, 0.6) is 11.5 Å². The van der Waals surface area contributed by atoms with E-state index in [1.54, 1.807) is 12.1 Å². The first-order chi connectivity index (χ1) is 10.2. The second kappa shape index (κ2) is 5.70. The second-order valence-corrected chi connectivity index (χ2v) is 5.27. The summed E-state index contributed by atoms with van der Waals surface area (Å²) in [6, 6.07) is 14.9. The summed E-state index contributed by atoms with van der Waals surface area (Å²) in [7, 11) is 0. The van der Waals surface area contributed by atoms with Gasteiger partial charge in [-0.05, 0) is 43.3 Å². The average molecular weight is 302 g/mol. The standard InChI is InChI=1S/C17H16ClNO2/c1-2-19-13(10-15-16(19)7-4-8-17(15)20)11-21-14-6-3-5-12(18)9-14/h3-10,20H,2,11H2,1H3. The van der Waals surface area contributed by atoms with E-state index in [4.69, 9.17) is 16.3 Å². The van der Waals surface area contributed by atoms with Gasteiger partial charge in [-0.15, -0.1) is 0 Å². The first-order valence-electron chi connectivity index (χ1n) is 6.87. The van der Waals surface area contributed by atoms with E-state index in [9.17, 15) is 5.11 Å². The maximum Gasteiger partial charge on any atom is 0.128 e. The SMILES string of the molecule is CCn1c(COc2cccc(Cl)c2)cc2c(O)cccc21. The molecule has 4 heteroatoms. The smallest absolute Gasteiger partial charge is 0.128 e. The van der Waals surface area contributed by atoms with Crippen LogP contribution >= 0.6 is 11.6 Å². The Hall–Kier alpha value is -2.13. The second-order valence-electron chi connectivity index (χ2n) is 4.84. The molecule has 1 heterocycles. The number of phenols is 1. The van der Waals surface area contributed by atoms with Crippen molar-refractivity contribution in [3.8, 4) is 11.5 Å². The monoisotopic (exact) mass is 301 g/mol. The van der Waals surface area contributed by atoms with Gasteiger partial charge in [-0.2, -0.15) is 0 Å². The number of halogens is 1. The molecule has 0 spiro atoms. The molecule has 0 aliphatic carbocycles. The summed E-state index contributed by atoms with van der Waals surface area (Å²) in [5, 5.41) is 11.5. The Balaban J connectivity index is 1.91. The zero-order valence-electron chi connectivity index (χ0n) is 11.7. The van der Waals surface area contributed by atoms with Crippen molar-refractivity contribution in [3.05, 3.63) is 59.2 Å². The van der Waals surface area contributed by atoms with Crippen molar-refractivity contribution in [2.24, 2.45) is 0 Å². The lowest BCUT2D eigenvalue weighted by Crippen LogP contribution is -2.04. The molecule has 0 radical (unpaired) electrons. The highest BCUT2D eigenvalue weighted by Gasteiger charge is 2.10. The number of rotatable bonds is 4. The fraction of sp³-hybridized carbons (Fsp3) is 0.176. The molecule has 0 amide bonds. The molecule has 0 fully saturated rings. The van der Waals surface area contributed by atoms with E-state index in [0.29, 0.717) is 17.4 Å². The van der Waals surface area contributed by atoms with Crippen LogP contribution in [0.2, 0.25) is 5.02 Å². The number of hydrogen-bond donors (Lipinski definition) is 1. The molecule has 3 aromatic rings. The number of aromatic hydroxyl groups is 1. The van der Waals surface area contributed by atoms with E-state index in [1.165, 1.54) is 0 Å². The third-order valence-electron chi connectivity index (χ3n) is 3.51. The van der Waals surface area contributed by atoms with Crippen molar-refractivity contribution in [3.63, 3.8) is 0 Å². The van der Waals surface area contributed by atoms with E-state index in [-0.39, 0.29) is 0 Å².